The van der Waals surface area contributed by atoms with Crippen LogP contribution in [0.4, 0.5) is 0 Å². The quantitative estimate of drug-likeness (QED) is 0.843. The van der Waals surface area contributed by atoms with E-state index in [2.05, 4.69) is 15.5 Å². The van der Waals surface area contributed by atoms with Crippen molar-refractivity contribution in [3.8, 4) is 5.69 Å². The molecule has 3 N–H and O–H groups in total. The van der Waals surface area contributed by atoms with Gasteiger partial charge in [0.2, 0.25) is 5.91 Å². The van der Waals surface area contributed by atoms with Gasteiger partial charge in [-0.15, -0.1) is 10.2 Å². The summed E-state index contributed by atoms with van der Waals surface area (Å²) in [6.07, 6.45) is 1.62. The highest BCUT2D eigenvalue weighted by atomic mass is 16.2. The van der Waals surface area contributed by atoms with E-state index in [1.54, 1.807) is 20.2 Å². The molecule has 100 valence electrons. The molecule has 0 spiro atoms. The first-order valence-electron chi connectivity index (χ1n) is 6.00. The first-order valence-corrected chi connectivity index (χ1v) is 6.00. The lowest BCUT2D eigenvalue weighted by Crippen LogP contribution is -2.48. The monoisotopic (exact) mass is 259 g/mol. The molecule has 6 nitrogen and oxygen atoms in total. The average molecular weight is 259 g/mol. The molecule has 0 saturated carbocycles. The van der Waals surface area contributed by atoms with E-state index in [0.29, 0.717) is 5.82 Å². The number of nitrogens with zero attached hydrogens (tertiary/aromatic N) is 3. The van der Waals surface area contributed by atoms with Crippen molar-refractivity contribution >= 4 is 5.91 Å². The summed E-state index contributed by atoms with van der Waals surface area (Å²) in [4.78, 5) is 11.7. The minimum absolute atomic E-state index is 0.227. The fourth-order valence-electron chi connectivity index (χ4n) is 1.57. The lowest BCUT2D eigenvalue weighted by molar-refractivity contribution is -0.125. The van der Waals surface area contributed by atoms with Crippen molar-refractivity contribution in [1.82, 2.24) is 20.1 Å². The number of nitrogens with one attached hydrogen (secondary N) is 1. The Kier molecular flexibility index (Phi) is 3.62. The molecule has 6 heteroatoms. The molecular weight excluding hydrogens is 242 g/mol. The Hall–Kier alpha value is -2.21. The van der Waals surface area contributed by atoms with Crippen LogP contribution in [0, 0.1) is 0 Å². The smallest absolute Gasteiger partial charge is 0.239 e. The van der Waals surface area contributed by atoms with E-state index in [1.165, 1.54) is 0 Å². The Labute approximate surface area is 111 Å². The molecule has 0 radical (unpaired) electrons. The van der Waals surface area contributed by atoms with E-state index >= 15 is 0 Å². The Morgan fingerprint density at radius 3 is 2.68 bits per heavy atom. The van der Waals surface area contributed by atoms with Crippen molar-refractivity contribution < 1.29 is 4.79 Å². The molecule has 1 heterocycles. The highest BCUT2D eigenvalue weighted by molar-refractivity contribution is 5.84. The standard InChI is InChI=1S/C13H17N5O/c1-13(2,14)12(19)15-8-11-17-16-9-18(11)10-6-4-3-5-7-10/h3-7,9H,8,14H2,1-2H3,(H,15,19). The summed E-state index contributed by atoms with van der Waals surface area (Å²) in [6.45, 7) is 3.60. The number of carbonyl (C=O) groups is 1. The zero-order chi connectivity index (χ0) is 13.9. The first kappa shape index (κ1) is 13.2. The first-order chi connectivity index (χ1) is 8.98. The van der Waals surface area contributed by atoms with Crippen LogP contribution in [0.5, 0.6) is 0 Å². The van der Waals surface area contributed by atoms with E-state index in [0.717, 1.165) is 5.69 Å². The van der Waals surface area contributed by atoms with Crippen molar-refractivity contribution in [1.29, 1.82) is 0 Å². The number of hydrogen-bond donors (Lipinski definition) is 2. The average Bonchev–Trinajstić information content (AvgIpc) is 2.84. The van der Waals surface area contributed by atoms with Gasteiger partial charge >= 0.3 is 0 Å². The summed E-state index contributed by atoms with van der Waals surface area (Å²) in [5.74, 6) is 0.430. The van der Waals surface area contributed by atoms with Gasteiger partial charge in [0.1, 0.15) is 6.33 Å². The highest BCUT2D eigenvalue weighted by Crippen LogP contribution is 2.08. The van der Waals surface area contributed by atoms with E-state index in [9.17, 15) is 4.79 Å². The van der Waals surface area contributed by atoms with Crippen LogP contribution in [0.25, 0.3) is 5.69 Å². The Bertz CT molecular complexity index is 556. The molecular formula is C13H17N5O. The van der Waals surface area contributed by atoms with Crippen LogP contribution in [-0.2, 0) is 11.3 Å². The Morgan fingerprint density at radius 2 is 2.05 bits per heavy atom. The molecule has 0 aliphatic carbocycles. The predicted octanol–water partition coefficient (Wildman–Crippen LogP) is 0.621. The van der Waals surface area contributed by atoms with Crippen molar-refractivity contribution in [3.63, 3.8) is 0 Å². The van der Waals surface area contributed by atoms with Crippen LogP contribution in [0.3, 0.4) is 0 Å². The SMILES string of the molecule is CC(C)(N)C(=O)NCc1nncn1-c1ccccc1. The van der Waals surface area contributed by atoms with Crippen LogP contribution >= 0.6 is 0 Å². The maximum Gasteiger partial charge on any atom is 0.239 e. The number of hydrogen-bond acceptors (Lipinski definition) is 4. The maximum atomic E-state index is 11.7. The molecule has 0 fully saturated rings. The molecule has 0 aliphatic heterocycles. The van der Waals surface area contributed by atoms with E-state index in [1.807, 2.05) is 34.9 Å². The summed E-state index contributed by atoms with van der Waals surface area (Å²) < 4.78 is 1.82. The third kappa shape index (κ3) is 3.17. The van der Waals surface area contributed by atoms with Crippen molar-refractivity contribution in [3.05, 3.63) is 42.5 Å². The van der Waals surface area contributed by atoms with E-state index in [-0.39, 0.29) is 12.5 Å². The van der Waals surface area contributed by atoms with Crippen molar-refractivity contribution in [2.75, 3.05) is 0 Å². The highest BCUT2D eigenvalue weighted by Gasteiger charge is 2.21. The minimum Gasteiger partial charge on any atom is -0.347 e. The number of benzene rings is 1. The number of amides is 1. The van der Waals surface area contributed by atoms with Gasteiger partial charge in [0.25, 0.3) is 0 Å². The lowest BCUT2D eigenvalue weighted by Gasteiger charge is -2.17. The summed E-state index contributed by atoms with van der Waals surface area (Å²) in [5.41, 5.74) is 5.76. The van der Waals surface area contributed by atoms with Gasteiger partial charge in [0, 0.05) is 5.69 Å². The molecule has 0 bridgehead atoms. The molecule has 2 rings (SSSR count). The minimum atomic E-state index is -0.905. The van der Waals surface area contributed by atoms with Crippen molar-refractivity contribution in [2.24, 2.45) is 5.73 Å². The summed E-state index contributed by atoms with van der Waals surface area (Å²) in [5, 5.41) is 10.6. The normalized spacial score (nSPS) is 11.3. The predicted molar refractivity (Wildman–Crippen MR) is 71.5 cm³/mol. The number of aromatic nitrogens is 3. The number of para-hydroxylation sites is 1. The number of rotatable bonds is 4. The van der Waals surface area contributed by atoms with E-state index < -0.39 is 5.54 Å². The fraction of sp³-hybridized carbons (Fsp3) is 0.308. The summed E-state index contributed by atoms with van der Waals surface area (Å²) in [6, 6.07) is 9.69. The van der Waals surface area contributed by atoms with Gasteiger partial charge in [0.05, 0.1) is 12.1 Å². The molecule has 0 unspecified atom stereocenters. The van der Waals surface area contributed by atoms with Crippen LogP contribution < -0.4 is 11.1 Å². The second-order valence-electron chi connectivity index (χ2n) is 4.86. The van der Waals surface area contributed by atoms with Crippen LogP contribution in [-0.4, -0.2) is 26.2 Å². The third-order valence-corrected chi connectivity index (χ3v) is 2.64. The van der Waals surface area contributed by atoms with Gasteiger partial charge in [0.15, 0.2) is 5.82 Å². The number of nitrogens with two attached hydrogens (primary N) is 1. The molecule has 0 atom stereocenters. The second kappa shape index (κ2) is 5.19. The molecule has 0 saturated heterocycles. The van der Waals surface area contributed by atoms with Gasteiger partial charge in [-0.05, 0) is 26.0 Å². The molecule has 2 aromatic rings. The van der Waals surface area contributed by atoms with Crippen LogP contribution in [0.2, 0.25) is 0 Å². The molecule has 0 aliphatic rings. The van der Waals surface area contributed by atoms with Crippen molar-refractivity contribution in [2.45, 2.75) is 25.9 Å². The van der Waals surface area contributed by atoms with Crippen LogP contribution in [0.15, 0.2) is 36.7 Å². The lowest BCUT2D eigenvalue weighted by atomic mass is 10.1. The van der Waals surface area contributed by atoms with Gasteiger partial charge in [-0.2, -0.15) is 0 Å². The number of carbonyl (C=O) groups excluding carboxylic acids is 1. The second-order valence-corrected chi connectivity index (χ2v) is 4.86. The topological polar surface area (TPSA) is 85.8 Å². The van der Waals surface area contributed by atoms with Gasteiger partial charge in [-0.1, -0.05) is 18.2 Å². The van der Waals surface area contributed by atoms with Gasteiger partial charge < -0.3 is 11.1 Å². The summed E-state index contributed by atoms with van der Waals surface area (Å²) >= 11 is 0. The Morgan fingerprint density at radius 1 is 1.37 bits per heavy atom. The molecule has 1 amide bonds. The molecule has 1 aromatic carbocycles. The van der Waals surface area contributed by atoms with Gasteiger partial charge in [-0.3, -0.25) is 9.36 Å². The summed E-state index contributed by atoms with van der Waals surface area (Å²) in [7, 11) is 0. The van der Waals surface area contributed by atoms with Crippen LogP contribution in [0.1, 0.15) is 19.7 Å². The molecule has 19 heavy (non-hydrogen) atoms. The van der Waals surface area contributed by atoms with Gasteiger partial charge in [-0.25, -0.2) is 0 Å². The fourth-order valence-corrected chi connectivity index (χ4v) is 1.57. The largest absolute Gasteiger partial charge is 0.347 e. The maximum absolute atomic E-state index is 11.7. The molecule has 1 aromatic heterocycles. The Balaban J connectivity index is 2.11. The zero-order valence-electron chi connectivity index (χ0n) is 11.0. The zero-order valence-corrected chi connectivity index (χ0v) is 11.0. The van der Waals surface area contributed by atoms with E-state index in [4.69, 9.17) is 5.73 Å². The third-order valence-electron chi connectivity index (χ3n) is 2.64.